The fourth-order valence-corrected chi connectivity index (χ4v) is 3.18. The molecule has 0 amide bonds. The van der Waals surface area contributed by atoms with E-state index in [0.717, 1.165) is 38.5 Å². The Labute approximate surface area is 177 Å². The maximum atomic E-state index is 12.1. The van der Waals surface area contributed by atoms with Crippen LogP contribution in [0.3, 0.4) is 0 Å². The van der Waals surface area contributed by atoms with Gasteiger partial charge in [-0.15, -0.1) is 0 Å². The van der Waals surface area contributed by atoms with Crippen LogP contribution in [0.4, 0.5) is 0 Å². The van der Waals surface area contributed by atoms with Gasteiger partial charge >= 0.3 is 11.9 Å². The molecular formula is C25H40O4. The molecule has 4 heteroatoms. The van der Waals surface area contributed by atoms with E-state index in [9.17, 15) is 9.59 Å². The molecule has 0 aliphatic heterocycles. The Balaban J connectivity index is 2.14. The van der Waals surface area contributed by atoms with E-state index in [1.165, 1.54) is 44.9 Å². The molecule has 1 rings (SSSR count). The van der Waals surface area contributed by atoms with Crippen molar-refractivity contribution < 1.29 is 19.1 Å². The van der Waals surface area contributed by atoms with Crippen molar-refractivity contribution in [3.63, 3.8) is 0 Å². The van der Waals surface area contributed by atoms with Gasteiger partial charge in [0.05, 0.1) is 24.3 Å². The van der Waals surface area contributed by atoms with Crippen molar-refractivity contribution in [1.82, 2.24) is 0 Å². The van der Waals surface area contributed by atoms with Gasteiger partial charge in [-0.25, -0.2) is 9.59 Å². The Morgan fingerprint density at radius 3 is 1.24 bits per heavy atom. The van der Waals surface area contributed by atoms with Gasteiger partial charge in [-0.1, -0.05) is 84.5 Å². The van der Waals surface area contributed by atoms with E-state index in [0.29, 0.717) is 24.3 Å². The summed E-state index contributed by atoms with van der Waals surface area (Å²) in [5.74, 6) is -0.667. The first-order chi connectivity index (χ1) is 14.2. The first-order valence-corrected chi connectivity index (χ1v) is 11.6. The lowest BCUT2D eigenvalue weighted by molar-refractivity contribution is 0.0483. The van der Waals surface area contributed by atoms with Crippen LogP contribution in [0.25, 0.3) is 0 Å². The van der Waals surface area contributed by atoms with Gasteiger partial charge in [0.2, 0.25) is 0 Å². The van der Waals surface area contributed by atoms with Crippen LogP contribution in [0.15, 0.2) is 24.3 Å². The van der Waals surface area contributed by atoms with Crippen molar-refractivity contribution in [3.8, 4) is 0 Å². The van der Waals surface area contributed by atoms with Crippen molar-refractivity contribution in [2.24, 2.45) is 0 Å². The Morgan fingerprint density at radius 1 is 0.552 bits per heavy atom. The van der Waals surface area contributed by atoms with E-state index in [4.69, 9.17) is 9.47 Å². The average molecular weight is 405 g/mol. The molecule has 1 aromatic carbocycles. The van der Waals surface area contributed by atoms with E-state index < -0.39 is 0 Å². The SMILES string of the molecule is CCCCCCCCCCCOC(=O)c1ccc(C(=O)OCCCCCC)cc1. The fourth-order valence-electron chi connectivity index (χ4n) is 3.18. The Bertz CT molecular complexity index is 550. The van der Waals surface area contributed by atoms with Crippen molar-refractivity contribution in [3.05, 3.63) is 35.4 Å². The van der Waals surface area contributed by atoms with Crippen LogP contribution in [0.2, 0.25) is 0 Å². The zero-order chi connectivity index (χ0) is 21.2. The molecule has 29 heavy (non-hydrogen) atoms. The molecule has 0 aliphatic carbocycles. The summed E-state index contributed by atoms with van der Waals surface area (Å²) in [6, 6.07) is 6.52. The Kier molecular flexibility index (Phi) is 14.8. The van der Waals surface area contributed by atoms with Gasteiger partial charge in [0.25, 0.3) is 0 Å². The van der Waals surface area contributed by atoms with Crippen molar-refractivity contribution in [2.75, 3.05) is 13.2 Å². The number of unbranched alkanes of at least 4 members (excludes halogenated alkanes) is 11. The first-order valence-electron chi connectivity index (χ1n) is 11.6. The molecule has 0 spiro atoms. The number of hydrogen-bond donors (Lipinski definition) is 0. The molecular weight excluding hydrogens is 364 g/mol. The lowest BCUT2D eigenvalue weighted by Gasteiger charge is -2.07. The summed E-state index contributed by atoms with van der Waals surface area (Å²) in [6.45, 7) is 5.28. The lowest BCUT2D eigenvalue weighted by atomic mass is 10.1. The molecule has 164 valence electrons. The van der Waals surface area contributed by atoms with Gasteiger partial charge in [-0.3, -0.25) is 0 Å². The van der Waals surface area contributed by atoms with Gasteiger partial charge in [-0.2, -0.15) is 0 Å². The third-order valence-electron chi connectivity index (χ3n) is 5.07. The van der Waals surface area contributed by atoms with Crippen molar-refractivity contribution in [1.29, 1.82) is 0 Å². The third-order valence-corrected chi connectivity index (χ3v) is 5.07. The summed E-state index contributed by atoms with van der Waals surface area (Å²) in [7, 11) is 0. The molecule has 0 N–H and O–H groups in total. The van der Waals surface area contributed by atoms with Crippen LogP contribution in [0.5, 0.6) is 0 Å². The normalized spacial score (nSPS) is 10.7. The highest BCUT2D eigenvalue weighted by atomic mass is 16.5. The number of carbonyl (C=O) groups is 2. The van der Waals surface area contributed by atoms with Gasteiger partial charge in [0, 0.05) is 0 Å². The molecule has 4 nitrogen and oxygen atoms in total. The number of carbonyl (C=O) groups excluding carboxylic acids is 2. The maximum absolute atomic E-state index is 12.1. The molecule has 0 saturated heterocycles. The second kappa shape index (κ2) is 17.1. The van der Waals surface area contributed by atoms with Crippen molar-refractivity contribution in [2.45, 2.75) is 97.3 Å². The smallest absolute Gasteiger partial charge is 0.338 e. The van der Waals surface area contributed by atoms with Crippen LogP contribution in [-0.2, 0) is 9.47 Å². The monoisotopic (exact) mass is 404 g/mol. The van der Waals surface area contributed by atoms with Crippen LogP contribution in [0.1, 0.15) is 118 Å². The largest absolute Gasteiger partial charge is 0.462 e. The third kappa shape index (κ3) is 12.4. The minimum absolute atomic E-state index is 0.330. The number of rotatable bonds is 17. The fraction of sp³-hybridized carbons (Fsp3) is 0.680. The van der Waals surface area contributed by atoms with Gasteiger partial charge in [-0.05, 0) is 37.1 Å². The highest BCUT2D eigenvalue weighted by Gasteiger charge is 2.10. The minimum atomic E-state index is -0.337. The van der Waals surface area contributed by atoms with Crippen LogP contribution >= 0.6 is 0 Å². The van der Waals surface area contributed by atoms with Crippen LogP contribution in [0, 0.1) is 0 Å². The molecule has 0 heterocycles. The van der Waals surface area contributed by atoms with Crippen LogP contribution in [-0.4, -0.2) is 25.2 Å². The zero-order valence-corrected chi connectivity index (χ0v) is 18.5. The van der Waals surface area contributed by atoms with E-state index >= 15 is 0 Å². The zero-order valence-electron chi connectivity index (χ0n) is 18.5. The summed E-state index contributed by atoms with van der Waals surface area (Å²) >= 11 is 0. The maximum Gasteiger partial charge on any atom is 0.338 e. The van der Waals surface area contributed by atoms with Crippen molar-refractivity contribution >= 4 is 11.9 Å². The summed E-state index contributed by atoms with van der Waals surface area (Å²) in [5, 5.41) is 0. The second-order valence-electron chi connectivity index (χ2n) is 7.74. The molecule has 0 saturated carbocycles. The van der Waals surface area contributed by atoms with Gasteiger partial charge in [0.1, 0.15) is 0 Å². The number of hydrogen-bond acceptors (Lipinski definition) is 4. The van der Waals surface area contributed by atoms with Gasteiger partial charge < -0.3 is 9.47 Å². The highest BCUT2D eigenvalue weighted by molar-refractivity contribution is 5.93. The first kappa shape index (κ1) is 25.2. The summed E-state index contributed by atoms with van der Waals surface area (Å²) in [6.07, 6.45) is 15.4. The molecule has 0 aromatic heterocycles. The number of esters is 2. The van der Waals surface area contributed by atoms with Gasteiger partial charge in [0.15, 0.2) is 0 Å². The van der Waals surface area contributed by atoms with Crippen LogP contribution < -0.4 is 0 Å². The minimum Gasteiger partial charge on any atom is -0.462 e. The average Bonchev–Trinajstić information content (AvgIpc) is 2.74. The van der Waals surface area contributed by atoms with E-state index in [1.54, 1.807) is 24.3 Å². The number of benzene rings is 1. The molecule has 0 bridgehead atoms. The standard InChI is InChI=1S/C25H40O4/c1-3-5-7-9-10-11-12-13-15-21-29-25(27)23-18-16-22(17-19-23)24(26)28-20-14-8-6-4-2/h16-19H,3-15,20-21H2,1-2H3. The second-order valence-corrected chi connectivity index (χ2v) is 7.74. The molecule has 0 aliphatic rings. The molecule has 0 unspecified atom stereocenters. The molecule has 0 radical (unpaired) electrons. The molecule has 0 fully saturated rings. The Hall–Kier alpha value is -1.84. The molecule has 0 atom stereocenters. The summed E-state index contributed by atoms with van der Waals surface area (Å²) < 4.78 is 10.6. The molecule has 1 aromatic rings. The lowest BCUT2D eigenvalue weighted by Crippen LogP contribution is -2.09. The van der Waals surface area contributed by atoms with E-state index in [1.807, 2.05) is 0 Å². The number of ether oxygens (including phenoxy) is 2. The topological polar surface area (TPSA) is 52.6 Å². The quantitative estimate of drug-likeness (QED) is 0.205. The summed E-state index contributed by atoms with van der Waals surface area (Å²) in [4.78, 5) is 24.1. The predicted octanol–water partition coefficient (Wildman–Crippen LogP) is 7.11. The van der Waals surface area contributed by atoms with E-state index in [2.05, 4.69) is 13.8 Å². The summed E-state index contributed by atoms with van der Waals surface area (Å²) in [5.41, 5.74) is 0.941. The predicted molar refractivity (Wildman–Crippen MR) is 118 cm³/mol. The Morgan fingerprint density at radius 2 is 0.862 bits per heavy atom. The highest BCUT2D eigenvalue weighted by Crippen LogP contribution is 2.11. The van der Waals surface area contributed by atoms with E-state index in [-0.39, 0.29) is 11.9 Å².